The molecule has 0 rings (SSSR count). The van der Waals surface area contributed by atoms with Gasteiger partial charge in [-0.15, -0.1) is 0 Å². The van der Waals surface area contributed by atoms with Crippen LogP contribution < -0.4 is 5.73 Å². The van der Waals surface area contributed by atoms with Gasteiger partial charge in [-0.05, 0) is 6.92 Å². The van der Waals surface area contributed by atoms with E-state index in [4.69, 9.17) is 15.2 Å². The van der Waals surface area contributed by atoms with Gasteiger partial charge in [-0.25, -0.2) is 0 Å². The van der Waals surface area contributed by atoms with Crippen molar-refractivity contribution < 1.29 is 23.9 Å². The van der Waals surface area contributed by atoms with Crippen molar-refractivity contribution in [2.24, 2.45) is 5.73 Å². The van der Waals surface area contributed by atoms with Gasteiger partial charge < -0.3 is 15.2 Å². The number of Topliss-reactive ketones (excluding diaryl/α,β-unsaturated/α-hetero) is 1. The summed E-state index contributed by atoms with van der Waals surface area (Å²) in [5.41, 5.74) is 5.61. The van der Waals surface area contributed by atoms with E-state index in [1.54, 1.807) is 13.8 Å². The zero-order chi connectivity index (χ0) is 15.5. The molecule has 2 N–H and O–H groups in total. The molecule has 0 aromatic carbocycles. The Kier molecular flexibility index (Phi) is 28.5. The van der Waals surface area contributed by atoms with Crippen molar-refractivity contribution in [1.29, 1.82) is 0 Å². The van der Waals surface area contributed by atoms with Crippen molar-refractivity contribution >= 4 is 29.5 Å². The van der Waals surface area contributed by atoms with E-state index in [1.807, 2.05) is 0 Å². The van der Waals surface area contributed by atoms with Crippen LogP contribution in [0.1, 0.15) is 63.3 Å². The molecular formula is C17H39NO5S. The van der Waals surface area contributed by atoms with E-state index in [0.717, 1.165) is 0 Å². The van der Waals surface area contributed by atoms with Gasteiger partial charge in [0.1, 0.15) is 18.5 Å². The number of nitrogens with two attached hydrogens (primary N) is 1. The van der Waals surface area contributed by atoms with Gasteiger partial charge in [0.25, 0.3) is 0 Å². The highest BCUT2D eigenvalue weighted by Crippen LogP contribution is 2.09. The summed E-state index contributed by atoms with van der Waals surface area (Å²) in [6, 6.07) is -0.527. The number of ketones is 1. The van der Waals surface area contributed by atoms with Crippen LogP contribution in [-0.4, -0.2) is 48.0 Å². The number of esters is 2. The van der Waals surface area contributed by atoms with Gasteiger partial charge in [-0.2, -0.15) is 11.8 Å². The van der Waals surface area contributed by atoms with E-state index in [0.29, 0.717) is 11.5 Å². The van der Waals surface area contributed by atoms with Gasteiger partial charge in [0.2, 0.25) is 0 Å². The average molecular weight is 370 g/mol. The molecule has 2 unspecified atom stereocenters. The summed E-state index contributed by atoms with van der Waals surface area (Å²) in [7, 11) is 0. The molecule has 0 bridgehead atoms. The maximum Gasteiger partial charge on any atom is 0.305 e. The molecule has 0 radical (unpaired) electrons. The topological polar surface area (TPSA) is 95.7 Å². The summed E-state index contributed by atoms with van der Waals surface area (Å²) in [6.07, 6.45) is 0.0224. The van der Waals surface area contributed by atoms with E-state index in [-0.39, 0.29) is 66.9 Å². The van der Waals surface area contributed by atoms with E-state index in [9.17, 15) is 14.4 Å². The Bertz CT molecular complexity index is 337. The van der Waals surface area contributed by atoms with Crippen LogP contribution >= 0.6 is 11.8 Å². The van der Waals surface area contributed by atoms with Crippen molar-refractivity contribution in [3.63, 3.8) is 0 Å². The molecular weight excluding hydrogens is 330 g/mol. The van der Waals surface area contributed by atoms with Crippen LogP contribution in [0.15, 0.2) is 0 Å². The third kappa shape index (κ3) is 17.3. The summed E-state index contributed by atoms with van der Waals surface area (Å²) in [5.74, 6) is 0.102. The fraction of sp³-hybridized carbons (Fsp3) is 0.824. The Morgan fingerprint density at radius 3 is 1.88 bits per heavy atom. The maximum absolute atomic E-state index is 11.3. The summed E-state index contributed by atoms with van der Waals surface area (Å²) in [4.78, 5) is 33.4. The minimum absolute atomic E-state index is 0. The highest BCUT2D eigenvalue weighted by atomic mass is 32.2. The largest absolute Gasteiger partial charge is 0.462 e. The molecule has 6 nitrogen and oxygen atoms in total. The highest BCUT2D eigenvalue weighted by molar-refractivity contribution is 7.99. The average Bonchev–Trinajstić information content (AvgIpc) is 2.43. The fourth-order valence-corrected chi connectivity index (χ4v) is 2.17. The van der Waals surface area contributed by atoms with Crippen LogP contribution in [0.5, 0.6) is 0 Å². The zero-order valence-electron chi connectivity index (χ0n) is 12.2. The lowest BCUT2D eigenvalue weighted by atomic mass is 10.3. The van der Waals surface area contributed by atoms with E-state index in [2.05, 4.69) is 0 Å². The highest BCUT2D eigenvalue weighted by Gasteiger charge is 2.17. The number of hydrogen-bond acceptors (Lipinski definition) is 7. The first-order valence-electron chi connectivity index (χ1n) is 6.59. The quantitative estimate of drug-likeness (QED) is 0.589. The second-order valence-corrected chi connectivity index (χ2v) is 5.33. The standard InChI is InChI=1S/C13H23NO5S.4CH4/c1-4-12(16)18-6-10(19-13(17)5-2)7-20-8-11(14)9(3)15;;;;/h10-11H,4-8,14H2,1-3H3;4*1H4. The molecule has 0 aliphatic carbocycles. The Labute approximate surface area is 153 Å². The number of thioether (sulfide) groups is 1. The Morgan fingerprint density at radius 2 is 1.46 bits per heavy atom. The summed E-state index contributed by atoms with van der Waals surface area (Å²) in [5, 5.41) is 0. The number of carbonyl (C=O) groups excluding carboxylic acids is 3. The van der Waals surface area contributed by atoms with Crippen LogP contribution in [-0.2, 0) is 23.9 Å². The Hall–Kier alpha value is -1.08. The van der Waals surface area contributed by atoms with Crippen LogP contribution in [0, 0.1) is 0 Å². The maximum atomic E-state index is 11.3. The first-order chi connectivity index (χ1) is 9.40. The summed E-state index contributed by atoms with van der Waals surface area (Å²) in [6.45, 7) is 4.84. The molecule has 0 fully saturated rings. The molecule has 0 aliphatic heterocycles. The van der Waals surface area contributed by atoms with Crippen molar-refractivity contribution in [2.45, 2.75) is 75.5 Å². The van der Waals surface area contributed by atoms with Gasteiger partial charge in [-0.3, -0.25) is 14.4 Å². The van der Waals surface area contributed by atoms with Gasteiger partial charge >= 0.3 is 11.9 Å². The number of carbonyl (C=O) groups is 3. The van der Waals surface area contributed by atoms with E-state index < -0.39 is 12.1 Å². The normalized spacial score (nSPS) is 11.2. The number of rotatable bonds is 10. The predicted molar refractivity (Wildman–Crippen MR) is 104 cm³/mol. The molecule has 0 heterocycles. The Balaban J connectivity index is -0.000000301. The van der Waals surface area contributed by atoms with Gasteiger partial charge in [-0.1, -0.05) is 43.6 Å². The molecule has 24 heavy (non-hydrogen) atoms. The van der Waals surface area contributed by atoms with Gasteiger partial charge in [0.05, 0.1) is 6.04 Å². The minimum Gasteiger partial charge on any atom is -0.462 e. The number of hydrogen-bond donors (Lipinski definition) is 1. The molecule has 0 amide bonds. The molecule has 2 atom stereocenters. The first-order valence-corrected chi connectivity index (χ1v) is 7.75. The summed E-state index contributed by atoms with van der Waals surface area (Å²) >= 11 is 1.40. The monoisotopic (exact) mass is 369 g/mol. The lowest BCUT2D eigenvalue weighted by Crippen LogP contribution is -2.32. The molecule has 0 aromatic rings. The van der Waals surface area contributed by atoms with Crippen LogP contribution in [0.25, 0.3) is 0 Å². The third-order valence-electron chi connectivity index (χ3n) is 2.43. The lowest BCUT2D eigenvalue weighted by molar-refractivity contribution is -0.157. The lowest BCUT2D eigenvalue weighted by Gasteiger charge is -2.18. The minimum atomic E-state index is -0.527. The van der Waals surface area contributed by atoms with Crippen molar-refractivity contribution in [2.75, 3.05) is 18.1 Å². The smallest absolute Gasteiger partial charge is 0.305 e. The van der Waals surface area contributed by atoms with Crippen molar-refractivity contribution in [3.05, 3.63) is 0 Å². The SMILES string of the molecule is C.C.C.C.CCC(=O)OCC(CSCC(N)C(C)=O)OC(=O)CC. The van der Waals surface area contributed by atoms with E-state index >= 15 is 0 Å². The summed E-state index contributed by atoms with van der Waals surface area (Å²) < 4.78 is 10.2. The molecule has 0 aromatic heterocycles. The van der Waals surface area contributed by atoms with Gasteiger partial charge in [0.15, 0.2) is 0 Å². The van der Waals surface area contributed by atoms with Crippen LogP contribution in [0.2, 0.25) is 0 Å². The molecule has 7 heteroatoms. The molecule has 0 saturated carbocycles. The first kappa shape index (κ1) is 34.3. The van der Waals surface area contributed by atoms with Crippen molar-refractivity contribution in [1.82, 2.24) is 0 Å². The zero-order valence-corrected chi connectivity index (χ0v) is 13.0. The molecule has 0 spiro atoms. The molecule has 0 saturated heterocycles. The van der Waals surface area contributed by atoms with Crippen LogP contribution in [0.3, 0.4) is 0 Å². The van der Waals surface area contributed by atoms with Crippen molar-refractivity contribution in [3.8, 4) is 0 Å². The molecule has 0 aliphatic rings. The fourth-order valence-electron chi connectivity index (χ4n) is 1.12. The predicted octanol–water partition coefficient (Wildman–Crippen LogP) is 3.46. The molecule has 148 valence electrons. The van der Waals surface area contributed by atoms with Crippen LogP contribution in [0.4, 0.5) is 0 Å². The number of ether oxygens (including phenoxy) is 2. The third-order valence-corrected chi connectivity index (χ3v) is 3.63. The second-order valence-electron chi connectivity index (χ2n) is 4.26. The van der Waals surface area contributed by atoms with Gasteiger partial charge in [0, 0.05) is 24.3 Å². The Morgan fingerprint density at radius 1 is 0.958 bits per heavy atom. The van der Waals surface area contributed by atoms with E-state index in [1.165, 1.54) is 18.7 Å². The second kappa shape index (κ2) is 20.0.